The average Bonchev–Trinajstić information content (AvgIpc) is 2.25. The maximum absolute atomic E-state index is 10.7. The Labute approximate surface area is 94.0 Å². The highest BCUT2D eigenvalue weighted by molar-refractivity contribution is 5.56. The normalized spacial score (nSPS) is 12.2. The molecule has 0 saturated carbocycles. The first kappa shape index (κ1) is 12.4. The lowest BCUT2D eigenvalue weighted by Gasteiger charge is -2.11. The van der Waals surface area contributed by atoms with Crippen LogP contribution in [-0.2, 0) is 0 Å². The Morgan fingerprint density at radius 2 is 2.31 bits per heavy atom. The van der Waals surface area contributed by atoms with Gasteiger partial charge in [0.2, 0.25) is 5.82 Å². The van der Waals surface area contributed by atoms with E-state index in [-0.39, 0.29) is 17.5 Å². The van der Waals surface area contributed by atoms with Gasteiger partial charge in [-0.15, -0.1) is 0 Å². The van der Waals surface area contributed by atoms with E-state index in [1.165, 1.54) is 6.07 Å². The molecule has 0 aliphatic heterocycles. The topological polar surface area (TPSA) is 94.1 Å². The molecular weight excluding hydrogens is 208 g/mol. The van der Waals surface area contributed by atoms with Crippen molar-refractivity contribution in [3.05, 3.63) is 27.9 Å². The van der Waals surface area contributed by atoms with Gasteiger partial charge in [-0.1, -0.05) is 6.92 Å². The molecule has 1 unspecified atom stereocenters. The molecule has 0 amide bonds. The minimum atomic E-state index is -0.452. The molecule has 6 heteroatoms. The number of hydrogen-bond acceptors (Lipinski definition) is 5. The van der Waals surface area contributed by atoms with Gasteiger partial charge in [-0.05, 0) is 19.4 Å². The molecule has 0 radical (unpaired) electrons. The maximum atomic E-state index is 10.7. The van der Waals surface area contributed by atoms with Crippen LogP contribution in [0.3, 0.4) is 0 Å². The van der Waals surface area contributed by atoms with Crippen LogP contribution in [-0.4, -0.2) is 22.5 Å². The molecule has 3 N–H and O–H groups in total. The van der Waals surface area contributed by atoms with E-state index in [4.69, 9.17) is 5.73 Å². The summed E-state index contributed by atoms with van der Waals surface area (Å²) in [6.07, 6.45) is 0.812. The molecule has 0 spiro atoms. The van der Waals surface area contributed by atoms with Gasteiger partial charge in [-0.2, -0.15) is 0 Å². The smallest absolute Gasteiger partial charge is 0.311 e. The lowest BCUT2D eigenvalue weighted by molar-refractivity contribution is -0.384. The second-order valence-corrected chi connectivity index (χ2v) is 3.63. The number of hydrogen-bond donors (Lipinski definition) is 2. The standard InChI is InChI=1S/C10H16N4O2/c1-3-8(11)6-12-10-9(14(15)16)5-4-7(2)13-10/h4-5,8H,3,6,11H2,1-2H3,(H,12,13). The molecule has 0 bridgehead atoms. The largest absolute Gasteiger partial charge is 0.363 e. The fraction of sp³-hybridized carbons (Fsp3) is 0.500. The van der Waals surface area contributed by atoms with Crippen molar-refractivity contribution in [3.8, 4) is 0 Å². The van der Waals surface area contributed by atoms with Gasteiger partial charge >= 0.3 is 5.69 Å². The van der Waals surface area contributed by atoms with E-state index in [1.807, 2.05) is 6.92 Å². The fourth-order valence-electron chi connectivity index (χ4n) is 1.20. The van der Waals surface area contributed by atoms with Gasteiger partial charge in [-0.25, -0.2) is 4.98 Å². The van der Waals surface area contributed by atoms with Gasteiger partial charge in [0.15, 0.2) is 0 Å². The summed E-state index contributed by atoms with van der Waals surface area (Å²) in [5.74, 6) is 0.286. The maximum Gasteiger partial charge on any atom is 0.311 e. The quantitative estimate of drug-likeness (QED) is 0.583. The zero-order valence-corrected chi connectivity index (χ0v) is 9.43. The number of rotatable bonds is 5. The zero-order valence-electron chi connectivity index (χ0n) is 9.43. The first-order valence-electron chi connectivity index (χ1n) is 5.16. The van der Waals surface area contributed by atoms with Gasteiger partial charge in [0.05, 0.1) is 4.92 Å². The third-order valence-corrected chi connectivity index (χ3v) is 2.27. The number of nitrogens with one attached hydrogen (secondary N) is 1. The van der Waals surface area contributed by atoms with Crippen molar-refractivity contribution in [1.29, 1.82) is 0 Å². The van der Waals surface area contributed by atoms with E-state index in [2.05, 4.69) is 10.3 Å². The lowest BCUT2D eigenvalue weighted by atomic mass is 10.2. The van der Waals surface area contributed by atoms with Gasteiger partial charge in [0.25, 0.3) is 0 Å². The van der Waals surface area contributed by atoms with Gasteiger partial charge in [0.1, 0.15) is 0 Å². The summed E-state index contributed by atoms with van der Waals surface area (Å²) in [6.45, 7) is 4.23. The SMILES string of the molecule is CCC(N)CNc1nc(C)ccc1[N+](=O)[O-]. The van der Waals surface area contributed by atoms with E-state index >= 15 is 0 Å². The highest BCUT2D eigenvalue weighted by Crippen LogP contribution is 2.21. The first-order chi connectivity index (χ1) is 7.54. The van der Waals surface area contributed by atoms with Crippen molar-refractivity contribution in [2.24, 2.45) is 5.73 Å². The first-order valence-corrected chi connectivity index (χ1v) is 5.16. The summed E-state index contributed by atoms with van der Waals surface area (Å²) < 4.78 is 0. The van der Waals surface area contributed by atoms with Crippen LogP contribution in [0, 0.1) is 17.0 Å². The number of anilines is 1. The highest BCUT2D eigenvalue weighted by atomic mass is 16.6. The van der Waals surface area contributed by atoms with Crippen molar-refractivity contribution in [1.82, 2.24) is 4.98 Å². The second-order valence-electron chi connectivity index (χ2n) is 3.63. The van der Waals surface area contributed by atoms with Crippen molar-refractivity contribution in [2.45, 2.75) is 26.3 Å². The molecule has 0 aromatic carbocycles. The molecule has 1 atom stereocenters. The van der Waals surface area contributed by atoms with E-state index in [0.717, 1.165) is 12.1 Å². The fourth-order valence-corrected chi connectivity index (χ4v) is 1.20. The molecule has 16 heavy (non-hydrogen) atoms. The molecule has 88 valence electrons. The monoisotopic (exact) mass is 224 g/mol. The highest BCUT2D eigenvalue weighted by Gasteiger charge is 2.15. The van der Waals surface area contributed by atoms with Crippen molar-refractivity contribution in [2.75, 3.05) is 11.9 Å². The predicted molar refractivity (Wildman–Crippen MR) is 62.4 cm³/mol. The van der Waals surface area contributed by atoms with Crippen LogP contribution in [0.25, 0.3) is 0 Å². The number of aryl methyl sites for hydroxylation is 1. The molecule has 1 heterocycles. The predicted octanol–water partition coefficient (Wildman–Crippen LogP) is 1.45. The van der Waals surface area contributed by atoms with Crippen LogP contribution < -0.4 is 11.1 Å². The third-order valence-electron chi connectivity index (χ3n) is 2.27. The molecule has 0 fully saturated rings. The number of nitrogens with zero attached hydrogens (tertiary/aromatic N) is 2. The minimum absolute atomic E-state index is 0.0195. The molecule has 0 aliphatic rings. The van der Waals surface area contributed by atoms with Crippen molar-refractivity contribution < 1.29 is 4.92 Å². The Morgan fingerprint density at radius 3 is 2.88 bits per heavy atom. The Kier molecular flexibility index (Phi) is 4.19. The zero-order chi connectivity index (χ0) is 12.1. The van der Waals surface area contributed by atoms with Gasteiger partial charge in [-0.3, -0.25) is 10.1 Å². The van der Waals surface area contributed by atoms with Crippen LogP contribution in [0.15, 0.2) is 12.1 Å². The number of pyridine rings is 1. The van der Waals surface area contributed by atoms with Gasteiger partial charge < -0.3 is 11.1 Å². The van der Waals surface area contributed by atoms with E-state index in [0.29, 0.717) is 6.54 Å². The molecular formula is C10H16N4O2. The van der Waals surface area contributed by atoms with Gasteiger partial charge in [0, 0.05) is 24.3 Å². The summed E-state index contributed by atoms with van der Waals surface area (Å²) in [6, 6.07) is 3.03. The molecule has 1 aromatic rings. The minimum Gasteiger partial charge on any atom is -0.363 e. The summed E-state index contributed by atoms with van der Waals surface area (Å²) >= 11 is 0. The molecule has 6 nitrogen and oxygen atoms in total. The average molecular weight is 224 g/mol. The van der Waals surface area contributed by atoms with Crippen LogP contribution in [0.1, 0.15) is 19.0 Å². The number of nitro groups is 1. The Morgan fingerprint density at radius 1 is 1.62 bits per heavy atom. The summed E-state index contributed by atoms with van der Waals surface area (Å²) in [5.41, 5.74) is 6.44. The number of nitrogens with two attached hydrogens (primary N) is 1. The molecule has 0 saturated heterocycles. The van der Waals surface area contributed by atoms with Crippen LogP contribution >= 0.6 is 0 Å². The molecule has 1 rings (SSSR count). The lowest BCUT2D eigenvalue weighted by Crippen LogP contribution is -2.28. The van der Waals surface area contributed by atoms with Crippen LogP contribution in [0.4, 0.5) is 11.5 Å². The summed E-state index contributed by atoms with van der Waals surface area (Å²) in [5, 5.41) is 13.6. The van der Waals surface area contributed by atoms with Crippen molar-refractivity contribution in [3.63, 3.8) is 0 Å². The third kappa shape index (κ3) is 3.16. The van der Waals surface area contributed by atoms with E-state index in [1.54, 1.807) is 13.0 Å². The van der Waals surface area contributed by atoms with Crippen LogP contribution in [0.5, 0.6) is 0 Å². The number of aromatic nitrogens is 1. The Bertz CT molecular complexity index is 381. The van der Waals surface area contributed by atoms with Crippen molar-refractivity contribution >= 4 is 11.5 Å². The second kappa shape index (κ2) is 5.41. The molecule has 0 aliphatic carbocycles. The molecule has 1 aromatic heterocycles. The summed E-state index contributed by atoms with van der Waals surface area (Å²) in [7, 11) is 0. The van der Waals surface area contributed by atoms with E-state index < -0.39 is 4.92 Å². The summed E-state index contributed by atoms with van der Waals surface area (Å²) in [4.78, 5) is 14.4. The van der Waals surface area contributed by atoms with E-state index in [9.17, 15) is 10.1 Å². The Balaban J connectivity index is 2.84. The Hall–Kier alpha value is -1.69. The van der Waals surface area contributed by atoms with Crippen LogP contribution in [0.2, 0.25) is 0 Å².